The molecule has 80 heavy (non-hydrogen) atoms. The topological polar surface area (TPSA) is 64.6 Å². The van der Waals surface area contributed by atoms with Gasteiger partial charge in [0.1, 0.15) is 0 Å². The van der Waals surface area contributed by atoms with E-state index in [2.05, 4.69) is 104 Å². The van der Waals surface area contributed by atoms with Gasteiger partial charge in [-0.2, -0.15) is 0 Å². The molecule has 0 aromatic heterocycles. The fraction of sp³-hybridized carbons (Fsp3) is 1.00. The van der Waals surface area contributed by atoms with Crippen LogP contribution in [0, 0.1) is 106 Å². The second-order valence-corrected chi connectivity index (χ2v) is 30.3. The van der Waals surface area contributed by atoms with Crippen molar-refractivity contribution in [2.75, 3.05) is 53.4 Å². The van der Waals surface area contributed by atoms with E-state index in [9.17, 15) is 0 Å². The van der Waals surface area contributed by atoms with Crippen LogP contribution < -0.4 is 0 Å². The van der Waals surface area contributed by atoms with Gasteiger partial charge in [0.2, 0.25) is 0 Å². The van der Waals surface area contributed by atoms with Crippen LogP contribution in [0.1, 0.15) is 271 Å². The number of ether oxygens (including phenoxy) is 7. The van der Waals surface area contributed by atoms with Gasteiger partial charge in [0.05, 0.1) is 43.2 Å². The average molecular weight is 1130 g/mol. The number of rotatable bonds is 19. The quantitative estimate of drug-likeness (QED) is 0.128. The molecule has 0 aliphatic heterocycles. The third-order valence-corrected chi connectivity index (χ3v) is 22.7. The maximum Gasteiger partial charge on any atom is 0.0631 e. The Morgan fingerprint density at radius 3 is 1.21 bits per heavy atom. The van der Waals surface area contributed by atoms with E-state index in [4.69, 9.17) is 33.2 Å². The summed E-state index contributed by atoms with van der Waals surface area (Å²) in [6.45, 7) is 40.5. The van der Waals surface area contributed by atoms with Gasteiger partial charge in [0, 0.05) is 46.8 Å². The molecule has 14 fully saturated rings. The summed E-state index contributed by atoms with van der Waals surface area (Å²) in [5.74, 6) is 16.4. The molecule has 14 saturated carbocycles. The molecule has 14 aliphatic rings. The van der Waals surface area contributed by atoms with Gasteiger partial charge >= 0.3 is 0 Å². The van der Waals surface area contributed by atoms with Crippen molar-refractivity contribution in [1.82, 2.24) is 0 Å². The predicted octanol–water partition coefficient (Wildman–Crippen LogP) is 19.5. The molecule has 5 atom stereocenters. The minimum absolute atomic E-state index is 0.363. The normalized spacial score (nSPS) is 36.9. The predicted molar refractivity (Wildman–Crippen MR) is 338 cm³/mol. The third kappa shape index (κ3) is 23.1. The van der Waals surface area contributed by atoms with Crippen molar-refractivity contribution in [2.45, 2.75) is 308 Å². The summed E-state index contributed by atoms with van der Waals surface area (Å²) in [7, 11) is 1.74. The van der Waals surface area contributed by atoms with Gasteiger partial charge < -0.3 is 33.2 Å². The van der Waals surface area contributed by atoms with Crippen molar-refractivity contribution in [3.05, 3.63) is 0 Å². The smallest absolute Gasteiger partial charge is 0.0631 e. The Labute approximate surface area is 498 Å². The summed E-state index contributed by atoms with van der Waals surface area (Å²) in [5, 5.41) is 0. The highest BCUT2D eigenvalue weighted by atomic mass is 16.5. The van der Waals surface area contributed by atoms with Crippen LogP contribution in [0.15, 0.2) is 0 Å². The highest BCUT2D eigenvalue weighted by Crippen LogP contribution is 2.60. The molecule has 12 bridgehead atoms. The van der Waals surface area contributed by atoms with E-state index in [1.807, 2.05) is 6.92 Å². The second-order valence-electron chi connectivity index (χ2n) is 30.3. The highest BCUT2D eigenvalue weighted by molar-refractivity contribution is 5.02. The van der Waals surface area contributed by atoms with Crippen LogP contribution in [-0.4, -0.2) is 90.0 Å². The minimum atomic E-state index is 0.363. The van der Waals surface area contributed by atoms with Crippen LogP contribution in [0.2, 0.25) is 0 Å². The first-order valence-electron chi connectivity index (χ1n) is 35.5. The van der Waals surface area contributed by atoms with E-state index in [1.54, 1.807) is 39.2 Å². The number of hydrogen-bond acceptors (Lipinski definition) is 7. The SMILES string of the molecule is CC(C)OC(C)C(C)C.CCOC(C)C(C)C.CCOC1C2CC3CC(C2)CC1C3.CCOC1CCCC(C2CCCCC2)C1.CCOCC12CC3CC(CC(C3)C1)C2.CCOCC1C2CC3CC(C2)CC1C3.COC(C)C(C)C. The fourth-order valence-electron chi connectivity index (χ4n) is 18.6. The van der Waals surface area contributed by atoms with E-state index in [0.717, 1.165) is 129 Å². The van der Waals surface area contributed by atoms with Crippen molar-refractivity contribution in [3.8, 4) is 0 Å². The first-order chi connectivity index (χ1) is 38.3. The maximum absolute atomic E-state index is 5.92. The van der Waals surface area contributed by atoms with Gasteiger partial charge in [-0.15, -0.1) is 0 Å². The number of methoxy groups -OCH3 is 1. The highest BCUT2D eigenvalue weighted by Gasteiger charge is 2.52. The Kier molecular flexibility index (Phi) is 32.4. The summed E-state index contributed by atoms with van der Waals surface area (Å²) < 4.78 is 38.9. The van der Waals surface area contributed by atoms with Crippen molar-refractivity contribution in [1.29, 1.82) is 0 Å². The zero-order valence-electron chi connectivity index (χ0n) is 56.3. The van der Waals surface area contributed by atoms with Gasteiger partial charge in [-0.25, -0.2) is 0 Å². The van der Waals surface area contributed by atoms with Crippen molar-refractivity contribution >= 4 is 0 Å². The lowest BCUT2D eigenvalue weighted by Gasteiger charge is -2.56. The third-order valence-electron chi connectivity index (χ3n) is 22.7. The molecule has 0 saturated heterocycles. The molecular formula is C73H138O7. The molecule has 5 unspecified atom stereocenters. The first kappa shape index (κ1) is 70.5. The standard InChI is InChI=1S/C14H26O.2C13H22O.C12H20O.C8H18O.C7H16O.C6H14O/c1-2-15-14-10-6-9-13(11-14)12-7-4-3-5-8-12;1-2-14-9-13-6-10-3-11(7-13)5-12(4-10)8-13;1-2-14-8-13-11-4-9-3-10(6-11)7-12(13)5-9;1-2-13-12-10-4-8-3-9(6-10)7-11(12)5-8;1-6(2)8(5)9-7(3)4;1-5-8-7(4)6(2)3;1-5(2)6(3)7-4/h12-14H,2-11H2,1H3;10-12H,2-9H2,1H3;9-13H,2-8H2,1H3;8-12H,2-7H2,1H3;6-8H,1-5H3;6-7H,5H2,1-4H3;5-6H,1-4H3. The van der Waals surface area contributed by atoms with Crippen LogP contribution in [0.5, 0.6) is 0 Å². The molecule has 14 aliphatic carbocycles. The molecule has 7 heteroatoms. The zero-order valence-corrected chi connectivity index (χ0v) is 56.3. The van der Waals surface area contributed by atoms with Gasteiger partial charge in [-0.1, -0.05) is 80.1 Å². The van der Waals surface area contributed by atoms with E-state index in [-0.39, 0.29) is 0 Å². The zero-order chi connectivity index (χ0) is 58.4. The fourth-order valence-corrected chi connectivity index (χ4v) is 18.6. The minimum Gasteiger partial charge on any atom is -0.381 e. The Bertz CT molecular complexity index is 1480. The molecule has 0 aromatic carbocycles. The summed E-state index contributed by atoms with van der Waals surface area (Å²) >= 11 is 0. The Morgan fingerprint density at radius 2 is 0.838 bits per heavy atom. The van der Waals surface area contributed by atoms with Crippen LogP contribution >= 0.6 is 0 Å². The van der Waals surface area contributed by atoms with Gasteiger partial charge in [-0.05, 0) is 297 Å². The molecular weight excluding hydrogens is 989 g/mol. The van der Waals surface area contributed by atoms with E-state index >= 15 is 0 Å². The molecule has 14 rings (SSSR count). The molecule has 0 N–H and O–H groups in total. The van der Waals surface area contributed by atoms with Crippen molar-refractivity contribution in [2.24, 2.45) is 106 Å². The van der Waals surface area contributed by atoms with Crippen LogP contribution in [0.3, 0.4) is 0 Å². The lowest BCUT2D eigenvalue weighted by molar-refractivity contribution is -0.123. The van der Waals surface area contributed by atoms with Crippen LogP contribution in [0.25, 0.3) is 0 Å². The monoisotopic (exact) mass is 1130 g/mol. The summed E-state index contributed by atoms with van der Waals surface area (Å²) in [6, 6.07) is 0. The molecule has 472 valence electrons. The van der Waals surface area contributed by atoms with Crippen molar-refractivity contribution < 1.29 is 33.2 Å². The lowest BCUT2D eigenvalue weighted by Crippen LogP contribution is -2.49. The second kappa shape index (κ2) is 36.8. The largest absolute Gasteiger partial charge is 0.381 e. The molecule has 0 spiro atoms. The van der Waals surface area contributed by atoms with Gasteiger partial charge in [-0.3, -0.25) is 0 Å². The van der Waals surface area contributed by atoms with Gasteiger partial charge in [0.15, 0.2) is 0 Å². The van der Waals surface area contributed by atoms with Crippen LogP contribution in [0.4, 0.5) is 0 Å². The van der Waals surface area contributed by atoms with Crippen molar-refractivity contribution in [3.63, 3.8) is 0 Å². The Hall–Kier alpha value is -0.280. The maximum atomic E-state index is 5.92. The summed E-state index contributed by atoms with van der Waals surface area (Å²) in [6.07, 6.45) is 40.1. The molecule has 0 amide bonds. The Morgan fingerprint density at radius 1 is 0.388 bits per heavy atom. The van der Waals surface area contributed by atoms with E-state index in [0.29, 0.717) is 59.8 Å². The first-order valence-corrected chi connectivity index (χ1v) is 35.5. The Balaban J connectivity index is 0.000000175. The molecule has 0 heterocycles. The molecule has 7 nitrogen and oxygen atoms in total. The van der Waals surface area contributed by atoms with E-state index in [1.165, 1.54) is 128 Å². The molecule has 0 aromatic rings. The summed E-state index contributed by atoms with van der Waals surface area (Å²) in [4.78, 5) is 0. The van der Waals surface area contributed by atoms with Gasteiger partial charge in [0.25, 0.3) is 0 Å². The number of hydrogen-bond donors (Lipinski definition) is 0. The molecule has 0 radical (unpaired) electrons. The summed E-state index contributed by atoms with van der Waals surface area (Å²) in [5.41, 5.74) is 0.630. The van der Waals surface area contributed by atoms with Crippen LogP contribution in [-0.2, 0) is 33.2 Å². The van der Waals surface area contributed by atoms with E-state index < -0.39 is 0 Å². The average Bonchev–Trinajstić information content (AvgIpc) is 3.42. The lowest BCUT2D eigenvalue weighted by atomic mass is 9.50.